The Morgan fingerprint density at radius 2 is 1.84 bits per heavy atom. The van der Waals surface area contributed by atoms with Crippen molar-refractivity contribution in [2.24, 2.45) is 12.8 Å². The lowest BCUT2D eigenvalue weighted by molar-refractivity contribution is -0.137. The average molecular weight is 456 g/mol. The Labute approximate surface area is 186 Å². The normalized spacial score (nSPS) is 15.8. The summed E-state index contributed by atoms with van der Waals surface area (Å²) in [7, 11) is -1.79. The number of nitrogens with zero attached hydrogens (tertiary/aromatic N) is 3. The lowest BCUT2D eigenvalue weighted by atomic mass is 9.94. The highest BCUT2D eigenvalue weighted by atomic mass is 32.2. The molecule has 1 saturated heterocycles. The SMILES string of the molecule is Cn1c(C(CC(=O)O)c2ccc(C(=N)N)cc2)nc2cc(S(=O)(=O)N3CCCC3)ccc21. The number of aryl methyl sites for hydroxylation is 1. The molecule has 0 radical (unpaired) electrons. The number of carbonyl (C=O) groups is 1. The van der Waals surface area contributed by atoms with E-state index in [1.807, 2.05) is 0 Å². The first-order chi connectivity index (χ1) is 15.2. The molecule has 3 aromatic rings. The summed E-state index contributed by atoms with van der Waals surface area (Å²) in [4.78, 5) is 16.5. The van der Waals surface area contributed by atoms with E-state index in [9.17, 15) is 18.3 Å². The van der Waals surface area contributed by atoms with Gasteiger partial charge in [-0.15, -0.1) is 0 Å². The van der Waals surface area contributed by atoms with Gasteiger partial charge in [0, 0.05) is 25.7 Å². The summed E-state index contributed by atoms with van der Waals surface area (Å²) in [5, 5.41) is 17.1. The number of aromatic nitrogens is 2. The van der Waals surface area contributed by atoms with Crippen molar-refractivity contribution in [2.45, 2.75) is 30.1 Å². The minimum absolute atomic E-state index is 0.0687. The number of amidine groups is 1. The molecule has 0 bridgehead atoms. The van der Waals surface area contributed by atoms with Crippen molar-refractivity contribution in [3.63, 3.8) is 0 Å². The lowest BCUT2D eigenvalue weighted by Gasteiger charge is -2.16. The van der Waals surface area contributed by atoms with Crippen LogP contribution in [0.1, 0.15) is 42.1 Å². The van der Waals surface area contributed by atoms with E-state index in [0.29, 0.717) is 30.0 Å². The summed E-state index contributed by atoms with van der Waals surface area (Å²) < 4.78 is 29.2. The Bertz CT molecular complexity index is 1290. The largest absolute Gasteiger partial charge is 0.481 e. The second-order valence-corrected chi connectivity index (χ2v) is 9.91. The first kappa shape index (κ1) is 22.0. The van der Waals surface area contributed by atoms with Crippen molar-refractivity contribution >= 4 is 32.9 Å². The van der Waals surface area contributed by atoms with Crippen LogP contribution >= 0.6 is 0 Å². The van der Waals surface area contributed by atoms with Crippen LogP contribution in [-0.2, 0) is 21.9 Å². The summed E-state index contributed by atoms with van der Waals surface area (Å²) in [6.07, 6.45) is 1.53. The number of carboxylic acids is 1. The fraction of sp³-hybridized carbons (Fsp3) is 0.318. The molecule has 1 fully saturated rings. The lowest BCUT2D eigenvalue weighted by Crippen LogP contribution is -2.27. The molecule has 1 atom stereocenters. The maximum atomic E-state index is 12.9. The first-order valence-corrected chi connectivity index (χ1v) is 11.7. The summed E-state index contributed by atoms with van der Waals surface area (Å²) in [5.74, 6) is -1.07. The molecule has 1 aliphatic heterocycles. The molecular formula is C22H25N5O4S. The molecule has 4 rings (SSSR count). The van der Waals surface area contributed by atoms with Crippen molar-refractivity contribution in [3.05, 3.63) is 59.4 Å². The molecule has 1 aromatic heterocycles. The molecule has 0 aliphatic carbocycles. The topological polar surface area (TPSA) is 142 Å². The van der Waals surface area contributed by atoms with Crippen molar-refractivity contribution in [3.8, 4) is 0 Å². The Hall–Kier alpha value is -3.24. The van der Waals surface area contributed by atoms with Crippen LogP contribution in [0.15, 0.2) is 47.4 Å². The highest BCUT2D eigenvalue weighted by Crippen LogP contribution is 2.31. The number of hydrogen-bond donors (Lipinski definition) is 3. The van der Waals surface area contributed by atoms with Gasteiger partial charge in [-0.2, -0.15) is 4.31 Å². The highest BCUT2D eigenvalue weighted by molar-refractivity contribution is 7.89. The van der Waals surface area contributed by atoms with Crippen LogP contribution in [0, 0.1) is 5.41 Å². The number of carboxylic acid groups (broad SMARTS) is 1. The van der Waals surface area contributed by atoms with E-state index in [1.165, 1.54) is 4.31 Å². The van der Waals surface area contributed by atoms with Crippen LogP contribution in [0.5, 0.6) is 0 Å². The van der Waals surface area contributed by atoms with Gasteiger partial charge >= 0.3 is 5.97 Å². The molecule has 9 nitrogen and oxygen atoms in total. The number of fused-ring (bicyclic) bond motifs is 1. The van der Waals surface area contributed by atoms with Gasteiger partial charge in [0.25, 0.3) is 0 Å². The Balaban J connectivity index is 1.77. The van der Waals surface area contributed by atoms with E-state index in [0.717, 1.165) is 23.9 Å². The number of aliphatic carboxylic acids is 1. The standard InChI is InChI=1S/C22H25N5O4S/c1-26-19-9-8-16(32(30,31)27-10-2-3-11-27)12-18(19)25-22(26)17(13-20(28)29)14-4-6-15(7-5-14)21(23)24/h4-9,12,17H,2-3,10-11,13H2,1H3,(H3,23,24)(H,28,29). The number of nitrogens with two attached hydrogens (primary N) is 1. The van der Waals surface area contributed by atoms with Gasteiger partial charge in [0.1, 0.15) is 11.7 Å². The van der Waals surface area contributed by atoms with Crippen LogP contribution in [-0.4, -0.2) is 52.3 Å². The van der Waals surface area contributed by atoms with Gasteiger partial charge in [-0.25, -0.2) is 13.4 Å². The molecular weight excluding hydrogens is 430 g/mol. The van der Waals surface area contributed by atoms with E-state index in [1.54, 1.807) is 54.1 Å². The monoisotopic (exact) mass is 455 g/mol. The average Bonchev–Trinajstić information content (AvgIpc) is 3.41. The van der Waals surface area contributed by atoms with Gasteiger partial charge in [0.2, 0.25) is 10.0 Å². The van der Waals surface area contributed by atoms with E-state index >= 15 is 0 Å². The first-order valence-electron chi connectivity index (χ1n) is 10.3. The molecule has 32 heavy (non-hydrogen) atoms. The molecule has 2 heterocycles. The Morgan fingerprint density at radius 3 is 2.44 bits per heavy atom. The second-order valence-electron chi connectivity index (χ2n) is 7.98. The van der Waals surface area contributed by atoms with Crippen molar-refractivity contribution in [1.82, 2.24) is 13.9 Å². The van der Waals surface area contributed by atoms with Gasteiger partial charge in [-0.05, 0) is 36.6 Å². The van der Waals surface area contributed by atoms with Crippen LogP contribution in [0.4, 0.5) is 0 Å². The van der Waals surface area contributed by atoms with Crippen LogP contribution in [0.2, 0.25) is 0 Å². The van der Waals surface area contributed by atoms with E-state index < -0.39 is 21.9 Å². The molecule has 0 saturated carbocycles. The zero-order valence-corrected chi connectivity index (χ0v) is 18.5. The second kappa shape index (κ2) is 8.36. The van der Waals surface area contributed by atoms with Gasteiger partial charge in [-0.3, -0.25) is 10.2 Å². The van der Waals surface area contributed by atoms with E-state index in [4.69, 9.17) is 11.1 Å². The van der Waals surface area contributed by atoms with Gasteiger partial charge in [-0.1, -0.05) is 24.3 Å². The van der Waals surface area contributed by atoms with Crippen molar-refractivity contribution in [1.29, 1.82) is 5.41 Å². The summed E-state index contributed by atoms with van der Waals surface area (Å²) >= 11 is 0. The smallest absolute Gasteiger partial charge is 0.304 e. The zero-order valence-electron chi connectivity index (χ0n) is 17.7. The highest BCUT2D eigenvalue weighted by Gasteiger charge is 2.29. The van der Waals surface area contributed by atoms with E-state index in [2.05, 4.69) is 4.98 Å². The third-order valence-electron chi connectivity index (χ3n) is 5.90. The summed E-state index contributed by atoms with van der Waals surface area (Å²) in [5.41, 5.74) is 8.01. The summed E-state index contributed by atoms with van der Waals surface area (Å²) in [6, 6.07) is 11.7. The number of imidazole rings is 1. The Morgan fingerprint density at radius 1 is 1.19 bits per heavy atom. The number of hydrogen-bond acceptors (Lipinski definition) is 5. The van der Waals surface area contributed by atoms with Crippen LogP contribution < -0.4 is 5.73 Å². The quantitative estimate of drug-likeness (QED) is 0.368. The Kier molecular flexibility index (Phi) is 5.74. The van der Waals surface area contributed by atoms with Crippen molar-refractivity contribution in [2.75, 3.05) is 13.1 Å². The van der Waals surface area contributed by atoms with Crippen LogP contribution in [0.25, 0.3) is 11.0 Å². The molecule has 2 aromatic carbocycles. The molecule has 0 amide bonds. The van der Waals surface area contributed by atoms with Gasteiger partial charge < -0.3 is 15.4 Å². The predicted octanol–water partition coefficient (Wildman–Crippen LogP) is 2.25. The zero-order chi connectivity index (χ0) is 23.0. The molecule has 10 heteroatoms. The maximum Gasteiger partial charge on any atom is 0.304 e. The van der Waals surface area contributed by atoms with Gasteiger partial charge in [0.05, 0.1) is 28.3 Å². The number of rotatable bonds is 7. The minimum atomic E-state index is -3.58. The predicted molar refractivity (Wildman–Crippen MR) is 120 cm³/mol. The minimum Gasteiger partial charge on any atom is -0.481 e. The summed E-state index contributed by atoms with van der Waals surface area (Å²) in [6.45, 7) is 1.04. The maximum absolute atomic E-state index is 12.9. The fourth-order valence-electron chi connectivity index (χ4n) is 4.18. The number of nitrogens with one attached hydrogen (secondary N) is 1. The molecule has 168 valence electrons. The van der Waals surface area contributed by atoms with Crippen LogP contribution in [0.3, 0.4) is 0 Å². The molecule has 4 N–H and O–H groups in total. The number of sulfonamides is 1. The van der Waals surface area contributed by atoms with E-state index in [-0.39, 0.29) is 17.2 Å². The molecule has 1 aliphatic rings. The third-order valence-corrected chi connectivity index (χ3v) is 7.80. The number of nitrogen functional groups attached to an aromatic ring is 1. The fourth-order valence-corrected chi connectivity index (χ4v) is 5.71. The van der Waals surface area contributed by atoms with Gasteiger partial charge in [0.15, 0.2) is 0 Å². The third kappa shape index (κ3) is 3.98. The number of benzene rings is 2. The molecule has 0 spiro atoms. The molecule has 1 unspecified atom stereocenters. The van der Waals surface area contributed by atoms with Crippen molar-refractivity contribution < 1.29 is 18.3 Å².